The number of rotatable bonds is 9. The molecule has 0 unspecified atom stereocenters. The first-order valence-electron chi connectivity index (χ1n) is 16.4. The number of hydrogen-bond acceptors (Lipinski definition) is 10. The third-order valence-corrected chi connectivity index (χ3v) is 9.31. The number of esters is 1. The molecule has 0 bridgehead atoms. The first kappa shape index (κ1) is 34.9. The number of ether oxygens (including phenoxy) is 3. The molecular weight excluding hydrogens is 660 g/mol. The number of aliphatic hydroxyl groups is 1. The molecule has 15 heteroatoms. The Hall–Kier alpha value is -5.96. The molecule has 0 radical (unpaired) electrons. The predicted molar refractivity (Wildman–Crippen MR) is 185 cm³/mol. The molecule has 2 aliphatic heterocycles. The summed E-state index contributed by atoms with van der Waals surface area (Å²) in [6.07, 6.45) is -0.555. The zero-order valence-corrected chi connectivity index (χ0v) is 28.6. The van der Waals surface area contributed by atoms with Crippen LogP contribution in [-0.4, -0.2) is 75.8 Å². The molecule has 0 aliphatic carbocycles. The van der Waals surface area contributed by atoms with Gasteiger partial charge in [-0.05, 0) is 60.4 Å². The zero-order chi connectivity index (χ0) is 36.6. The van der Waals surface area contributed by atoms with Crippen molar-refractivity contribution in [2.24, 2.45) is 5.73 Å². The molecule has 2 aliphatic rings. The average Bonchev–Trinajstić information content (AvgIpc) is 3.48. The Labute approximate surface area is 292 Å². The van der Waals surface area contributed by atoms with Crippen LogP contribution in [0.15, 0.2) is 53.3 Å². The molecule has 266 valence electrons. The van der Waals surface area contributed by atoms with Crippen molar-refractivity contribution in [1.82, 2.24) is 19.4 Å². The van der Waals surface area contributed by atoms with Crippen LogP contribution in [0.1, 0.15) is 48.1 Å². The lowest BCUT2D eigenvalue weighted by Crippen LogP contribution is -2.44. The van der Waals surface area contributed by atoms with Crippen LogP contribution in [0.25, 0.3) is 22.3 Å². The van der Waals surface area contributed by atoms with E-state index in [9.17, 15) is 29.1 Å². The van der Waals surface area contributed by atoms with Gasteiger partial charge in [0.15, 0.2) is 5.60 Å². The monoisotopic (exact) mass is 698 g/mol. The van der Waals surface area contributed by atoms with E-state index >= 15 is 0 Å². The van der Waals surface area contributed by atoms with Crippen LogP contribution < -0.4 is 21.3 Å². The molecule has 0 saturated heterocycles. The Morgan fingerprint density at radius 2 is 1.73 bits per heavy atom. The summed E-state index contributed by atoms with van der Waals surface area (Å²) < 4.78 is 17.8. The molecule has 4 amide bonds. The number of fused-ring (bicyclic) bond motifs is 5. The van der Waals surface area contributed by atoms with Gasteiger partial charge in [0.2, 0.25) is 0 Å². The van der Waals surface area contributed by atoms with Crippen LogP contribution in [0.3, 0.4) is 0 Å². The van der Waals surface area contributed by atoms with Gasteiger partial charge in [-0.1, -0.05) is 26.0 Å². The van der Waals surface area contributed by atoms with Crippen LogP contribution in [0.2, 0.25) is 0 Å². The van der Waals surface area contributed by atoms with Crippen LogP contribution in [0.5, 0.6) is 5.75 Å². The second kappa shape index (κ2) is 13.7. The maximum absolute atomic E-state index is 13.6. The van der Waals surface area contributed by atoms with E-state index in [1.807, 2.05) is 6.92 Å². The first-order chi connectivity index (χ1) is 24.3. The number of primary amides is 1. The topological polar surface area (TPSA) is 196 Å². The van der Waals surface area contributed by atoms with Gasteiger partial charge in [-0.3, -0.25) is 4.79 Å². The molecule has 0 saturated carbocycles. The summed E-state index contributed by atoms with van der Waals surface area (Å²) in [5, 5.41) is 14.4. The number of pyridine rings is 2. The van der Waals surface area contributed by atoms with Gasteiger partial charge in [0.25, 0.3) is 5.56 Å². The summed E-state index contributed by atoms with van der Waals surface area (Å²) in [5.41, 5.74) is 8.10. The number of urea groups is 1. The minimum absolute atomic E-state index is 0.0147. The van der Waals surface area contributed by atoms with E-state index in [0.717, 1.165) is 16.5 Å². The molecule has 1 atom stereocenters. The summed E-state index contributed by atoms with van der Waals surface area (Å²) in [4.78, 5) is 70.2. The second-order valence-electron chi connectivity index (χ2n) is 12.5. The lowest BCUT2D eigenvalue weighted by atomic mass is 9.86. The van der Waals surface area contributed by atoms with Gasteiger partial charge in [-0.2, -0.15) is 0 Å². The molecule has 51 heavy (non-hydrogen) atoms. The van der Waals surface area contributed by atoms with Gasteiger partial charge < -0.3 is 44.7 Å². The van der Waals surface area contributed by atoms with E-state index in [1.165, 1.54) is 9.80 Å². The fourth-order valence-electron chi connectivity index (χ4n) is 6.35. The zero-order valence-electron chi connectivity index (χ0n) is 28.6. The van der Waals surface area contributed by atoms with Crippen molar-refractivity contribution in [1.29, 1.82) is 0 Å². The number of hydrogen-bond donors (Lipinski definition) is 3. The van der Waals surface area contributed by atoms with Crippen molar-refractivity contribution >= 4 is 40.8 Å². The predicted octanol–water partition coefficient (Wildman–Crippen LogP) is 3.83. The van der Waals surface area contributed by atoms with E-state index < -0.39 is 29.8 Å². The molecule has 0 fully saturated rings. The third-order valence-electron chi connectivity index (χ3n) is 9.31. The summed E-state index contributed by atoms with van der Waals surface area (Å²) >= 11 is 0. The van der Waals surface area contributed by atoms with Crippen molar-refractivity contribution in [3.63, 3.8) is 0 Å². The van der Waals surface area contributed by atoms with E-state index in [0.29, 0.717) is 40.3 Å². The summed E-state index contributed by atoms with van der Waals surface area (Å²) in [7, 11) is 3.12. The number of anilines is 1. The number of nitrogens with two attached hydrogens (primary N) is 1. The minimum atomic E-state index is -1.92. The number of nitrogens with one attached hydrogen (secondary N) is 1. The van der Waals surface area contributed by atoms with Crippen LogP contribution in [-0.2, 0) is 46.0 Å². The largest absolute Gasteiger partial charge is 0.458 e. The third kappa shape index (κ3) is 6.55. The first-order valence-corrected chi connectivity index (χ1v) is 16.4. The quantitative estimate of drug-likeness (QED) is 0.190. The normalized spacial score (nSPS) is 15.7. The number of aromatic nitrogens is 2. The Balaban J connectivity index is 1.12. The Kier molecular flexibility index (Phi) is 9.40. The van der Waals surface area contributed by atoms with Crippen molar-refractivity contribution in [2.45, 2.75) is 52.0 Å². The van der Waals surface area contributed by atoms with Gasteiger partial charge in [0, 0.05) is 49.4 Å². The highest BCUT2D eigenvalue weighted by molar-refractivity contribution is 5.90. The Bertz CT molecular complexity index is 2130. The molecule has 4 N–H and O–H groups in total. The van der Waals surface area contributed by atoms with Gasteiger partial charge >= 0.3 is 24.2 Å². The van der Waals surface area contributed by atoms with Gasteiger partial charge in [0.1, 0.15) is 19.0 Å². The smallest absolute Gasteiger partial charge is 0.415 e. The van der Waals surface area contributed by atoms with Gasteiger partial charge in [0.05, 0.1) is 29.0 Å². The maximum Gasteiger partial charge on any atom is 0.415 e. The summed E-state index contributed by atoms with van der Waals surface area (Å²) in [5.74, 6) is -0.480. The number of carbonyl (C=O) groups is 4. The number of benzene rings is 2. The lowest BCUT2D eigenvalue weighted by molar-refractivity contribution is -0.172. The summed E-state index contributed by atoms with van der Waals surface area (Å²) in [6, 6.07) is 12.8. The Morgan fingerprint density at radius 1 is 1.02 bits per heavy atom. The number of likely N-dealkylation sites (N-methyl/N-ethyl adjacent to an activating group) is 2. The van der Waals surface area contributed by atoms with E-state index in [1.54, 1.807) is 74.1 Å². The van der Waals surface area contributed by atoms with Crippen LogP contribution in [0.4, 0.5) is 20.1 Å². The lowest BCUT2D eigenvalue weighted by Gasteiger charge is -2.31. The second-order valence-corrected chi connectivity index (χ2v) is 12.5. The fraction of sp³-hybridized carbons (Fsp3) is 0.333. The van der Waals surface area contributed by atoms with E-state index in [4.69, 9.17) is 24.9 Å². The standard InChI is InChI=1S/C36H38N6O9/c1-5-23-24-15-22(51-35(47)41(4)14-13-40(3)34(46)50-18-20-7-9-21(10-8-20)38-33(37)45)11-12-28(24)39-30-25(23)17-42-29(30)16-27-26(31(42)43)19-49-32(44)36(27,48)6-2/h7-12,15-16,48H,5-6,13-14,17-19H2,1-4H3,(H3,37,38,45)/t36-/m0/s1. The van der Waals surface area contributed by atoms with Gasteiger partial charge in [-0.25, -0.2) is 24.2 Å². The van der Waals surface area contributed by atoms with E-state index in [-0.39, 0.29) is 56.0 Å². The highest BCUT2D eigenvalue weighted by atomic mass is 16.6. The highest BCUT2D eigenvalue weighted by Crippen LogP contribution is 2.40. The number of aryl methyl sites for hydroxylation is 1. The molecule has 2 aromatic heterocycles. The average molecular weight is 699 g/mol. The molecule has 0 spiro atoms. The number of cyclic esters (lactones) is 1. The fourth-order valence-corrected chi connectivity index (χ4v) is 6.35. The maximum atomic E-state index is 13.6. The van der Waals surface area contributed by atoms with Crippen molar-refractivity contribution < 1.29 is 38.5 Å². The van der Waals surface area contributed by atoms with Crippen molar-refractivity contribution in [3.8, 4) is 17.1 Å². The van der Waals surface area contributed by atoms with Gasteiger partial charge in [-0.15, -0.1) is 0 Å². The number of nitrogens with zero attached hydrogens (tertiary/aromatic N) is 4. The summed E-state index contributed by atoms with van der Waals surface area (Å²) in [6.45, 7) is 4.06. The minimum Gasteiger partial charge on any atom is -0.458 e. The van der Waals surface area contributed by atoms with Crippen molar-refractivity contribution in [2.75, 3.05) is 32.5 Å². The molecule has 4 heterocycles. The van der Waals surface area contributed by atoms with Crippen LogP contribution >= 0.6 is 0 Å². The number of carbonyl (C=O) groups excluding carboxylic acids is 4. The molecule has 15 nitrogen and oxygen atoms in total. The molecule has 4 aromatic rings. The SMILES string of the molecule is CCc1c2c(nc3ccc(OC(=O)N(C)CCN(C)C(=O)OCc4ccc(NC(N)=O)cc4)cc13)-c1cc3c(c(=O)n1C2)COC(=O)[C@]3(O)CC. The molecule has 6 rings (SSSR count). The Morgan fingerprint density at radius 3 is 2.39 bits per heavy atom. The van der Waals surface area contributed by atoms with Crippen molar-refractivity contribution in [3.05, 3.63) is 86.7 Å². The highest BCUT2D eigenvalue weighted by Gasteiger charge is 2.45. The molecule has 2 aromatic carbocycles. The number of amides is 4. The molecular formula is C36H38N6O9. The van der Waals surface area contributed by atoms with E-state index in [2.05, 4.69) is 5.32 Å². The van der Waals surface area contributed by atoms with Crippen LogP contribution in [0, 0.1) is 0 Å².